The molecule has 190 valence electrons. The van der Waals surface area contributed by atoms with Crippen molar-refractivity contribution in [2.45, 2.75) is 25.5 Å². The standard InChI is InChI=1S/C25H20F6N2O3/c1-35-14-19-12-20(16-5-3-2-4-6-16)21-22(32-19)36-8-7-33(23(21)34)13-15-9-17(24(26,27)28)11-18(10-15)25(29,30)31/h2-6,9-12H,7-8,13-14H2,1H3. The molecule has 2 aromatic carbocycles. The van der Waals surface area contributed by atoms with Crippen LogP contribution in [-0.2, 0) is 30.2 Å². The molecule has 4 rings (SSSR count). The second-order valence-corrected chi connectivity index (χ2v) is 8.13. The van der Waals surface area contributed by atoms with Gasteiger partial charge in [0.25, 0.3) is 5.91 Å². The lowest BCUT2D eigenvalue weighted by molar-refractivity contribution is -0.143. The summed E-state index contributed by atoms with van der Waals surface area (Å²) >= 11 is 0. The summed E-state index contributed by atoms with van der Waals surface area (Å²) < 4.78 is 90.7. The maximum absolute atomic E-state index is 13.6. The van der Waals surface area contributed by atoms with Crippen LogP contribution >= 0.6 is 0 Å². The molecule has 1 aromatic heterocycles. The molecule has 0 aliphatic carbocycles. The first-order valence-electron chi connectivity index (χ1n) is 10.8. The van der Waals surface area contributed by atoms with E-state index in [1.54, 1.807) is 36.4 Å². The highest BCUT2D eigenvalue weighted by molar-refractivity contribution is 6.03. The summed E-state index contributed by atoms with van der Waals surface area (Å²) in [5, 5.41) is 0. The third-order valence-corrected chi connectivity index (χ3v) is 5.54. The first-order chi connectivity index (χ1) is 17.0. The van der Waals surface area contributed by atoms with Gasteiger partial charge in [-0.1, -0.05) is 30.3 Å². The van der Waals surface area contributed by atoms with E-state index in [1.165, 1.54) is 7.11 Å². The number of hydrogen-bond donors (Lipinski definition) is 0. The van der Waals surface area contributed by atoms with Gasteiger partial charge in [0, 0.05) is 19.2 Å². The number of methoxy groups -OCH3 is 1. The lowest BCUT2D eigenvalue weighted by Gasteiger charge is -2.22. The van der Waals surface area contributed by atoms with Crippen molar-refractivity contribution < 1.29 is 40.6 Å². The van der Waals surface area contributed by atoms with E-state index in [0.29, 0.717) is 29.0 Å². The first-order valence-corrected chi connectivity index (χ1v) is 10.8. The zero-order valence-corrected chi connectivity index (χ0v) is 18.9. The molecule has 0 spiro atoms. The molecule has 1 aliphatic rings. The van der Waals surface area contributed by atoms with Gasteiger partial charge in [0.15, 0.2) is 0 Å². The summed E-state index contributed by atoms with van der Waals surface area (Å²) in [6.07, 6.45) is -9.98. The van der Waals surface area contributed by atoms with Crippen molar-refractivity contribution in [2.75, 3.05) is 20.3 Å². The Morgan fingerprint density at radius 1 is 0.972 bits per heavy atom. The van der Waals surface area contributed by atoms with E-state index >= 15 is 0 Å². The molecule has 1 aliphatic heterocycles. The second kappa shape index (κ2) is 9.81. The van der Waals surface area contributed by atoms with E-state index in [9.17, 15) is 31.1 Å². The summed E-state index contributed by atoms with van der Waals surface area (Å²) in [5.74, 6) is -0.597. The number of fused-ring (bicyclic) bond motifs is 1. The van der Waals surface area contributed by atoms with Crippen LogP contribution in [0.4, 0.5) is 26.3 Å². The molecule has 0 unspecified atom stereocenters. The third-order valence-electron chi connectivity index (χ3n) is 5.54. The van der Waals surface area contributed by atoms with Crippen molar-refractivity contribution in [3.63, 3.8) is 0 Å². The van der Waals surface area contributed by atoms with Crippen LogP contribution in [0, 0.1) is 0 Å². The van der Waals surface area contributed by atoms with Gasteiger partial charge in [0.05, 0.1) is 30.0 Å². The largest absolute Gasteiger partial charge is 0.475 e. The van der Waals surface area contributed by atoms with Crippen LogP contribution in [-0.4, -0.2) is 36.1 Å². The van der Waals surface area contributed by atoms with Crippen LogP contribution in [0.2, 0.25) is 0 Å². The van der Waals surface area contributed by atoms with Gasteiger partial charge in [-0.05, 0) is 35.4 Å². The zero-order valence-electron chi connectivity index (χ0n) is 18.9. The zero-order chi connectivity index (χ0) is 26.1. The summed E-state index contributed by atoms with van der Waals surface area (Å²) in [4.78, 5) is 19.1. The Labute approximate surface area is 202 Å². The molecule has 0 saturated carbocycles. The molecule has 0 radical (unpaired) electrons. The Morgan fingerprint density at radius 2 is 1.61 bits per heavy atom. The summed E-state index contributed by atoms with van der Waals surface area (Å²) in [7, 11) is 1.48. The number of amides is 1. The van der Waals surface area contributed by atoms with E-state index in [2.05, 4.69) is 4.98 Å². The molecule has 1 amide bonds. The van der Waals surface area contributed by atoms with Crippen LogP contribution in [0.25, 0.3) is 11.1 Å². The number of hydrogen-bond acceptors (Lipinski definition) is 4. The third kappa shape index (κ3) is 5.46. The first kappa shape index (κ1) is 25.5. The number of alkyl halides is 6. The summed E-state index contributed by atoms with van der Waals surface area (Å²) in [6.45, 7) is -0.469. The van der Waals surface area contributed by atoms with Crippen molar-refractivity contribution in [3.8, 4) is 17.0 Å². The van der Waals surface area contributed by atoms with E-state index in [0.717, 1.165) is 4.90 Å². The second-order valence-electron chi connectivity index (χ2n) is 8.13. The Kier molecular flexibility index (Phi) is 6.94. The molecule has 3 aromatic rings. The maximum Gasteiger partial charge on any atom is 0.416 e. The monoisotopic (exact) mass is 510 g/mol. The number of aromatic nitrogens is 1. The lowest BCUT2D eigenvalue weighted by Crippen LogP contribution is -2.32. The topological polar surface area (TPSA) is 51.7 Å². The molecule has 0 atom stereocenters. The minimum Gasteiger partial charge on any atom is -0.475 e. The van der Waals surface area contributed by atoms with E-state index < -0.39 is 35.9 Å². The fourth-order valence-corrected chi connectivity index (χ4v) is 3.94. The molecular formula is C25H20F6N2O3. The van der Waals surface area contributed by atoms with Crippen molar-refractivity contribution in [1.29, 1.82) is 0 Å². The number of halogens is 6. The number of carbonyl (C=O) groups excluding carboxylic acids is 1. The van der Waals surface area contributed by atoms with Gasteiger partial charge < -0.3 is 14.4 Å². The SMILES string of the molecule is COCc1cc(-c2ccccc2)c2c(n1)OCCN(Cc1cc(C(F)(F)F)cc(C(F)(F)F)c1)C2=O. The van der Waals surface area contributed by atoms with Crippen molar-refractivity contribution >= 4 is 5.91 Å². The number of ether oxygens (including phenoxy) is 2. The molecule has 0 N–H and O–H groups in total. The maximum atomic E-state index is 13.6. The van der Waals surface area contributed by atoms with Gasteiger partial charge in [0.2, 0.25) is 5.88 Å². The fourth-order valence-electron chi connectivity index (χ4n) is 3.94. The smallest absolute Gasteiger partial charge is 0.416 e. The number of benzene rings is 2. The Bertz CT molecular complexity index is 1230. The van der Waals surface area contributed by atoms with Crippen LogP contribution < -0.4 is 4.74 Å². The average Bonchev–Trinajstić information content (AvgIpc) is 2.97. The lowest BCUT2D eigenvalue weighted by atomic mass is 9.98. The normalized spacial score (nSPS) is 14.3. The Hall–Kier alpha value is -3.60. The highest BCUT2D eigenvalue weighted by atomic mass is 19.4. The molecule has 2 heterocycles. The number of rotatable bonds is 5. The van der Waals surface area contributed by atoms with Crippen molar-refractivity contribution in [2.24, 2.45) is 0 Å². The quantitative estimate of drug-likeness (QED) is 0.397. The predicted octanol–water partition coefficient (Wildman–Crippen LogP) is 5.97. The molecule has 11 heteroatoms. The number of nitrogens with zero attached hydrogens (tertiary/aromatic N) is 2. The molecule has 0 saturated heterocycles. The number of pyridine rings is 1. The van der Waals surface area contributed by atoms with E-state index in [1.807, 2.05) is 0 Å². The van der Waals surface area contributed by atoms with Gasteiger partial charge >= 0.3 is 12.4 Å². The van der Waals surface area contributed by atoms with Gasteiger partial charge in [-0.25, -0.2) is 4.98 Å². The Balaban J connectivity index is 1.77. The van der Waals surface area contributed by atoms with Crippen LogP contribution in [0.5, 0.6) is 5.88 Å². The molecule has 5 nitrogen and oxygen atoms in total. The fraction of sp³-hybridized carbons (Fsp3) is 0.280. The van der Waals surface area contributed by atoms with Crippen LogP contribution in [0.1, 0.15) is 32.7 Å². The van der Waals surface area contributed by atoms with Gasteiger partial charge in [0.1, 0.15) is 12.2 Å². The van der Waals surface area contributed by atoms with Crippen molar-refractivity contribution in [3.05, 3.63) is 82.5 Å². The molecule has 0 fully saturated rings. The minimum absolute atomic E-state index is 0.0240. The van der Waals surface area contributed by atoms with E-state index in [4.69, 9.17) is 9.47 Å². The van der Waals surface area contributed by atoms with Crippen molar-refractivity contribution in [1.82, 2.24) is 9.88 Å². The van der Waals surface area contributed by atoms with Gasteiger partial charge in [-0.15, -0.1) is 0 Å². The minimum atomic E-state index is -4.99. The number of carbonyl (C=O) groups is 1. The van der Waals surface area contributed by atoms with Crippen LogP contribution in [0.15, 0.2) is 54.6 Å². The molecule has 36 heavy (non-hydrogen) atoms. The predicted molar refractivity (Wildman–Crippen MR) is 117 cm³/mol. The summed E-state index contributed by atoms with van der Waals surface area (Å²) in [5.41, 5.74) is -1.51. The summed E-state index contributed by atoms with van der Waals surface area (Å²) in [6, 6.07) is 11.8. The van der Waals surface area contributed by atoms with Gasteiger partial charge in [-0.2, -0.15) is 26.3 Å². The van der Waals surface area contributed by atoms with Gasteiger partial charge in [-0.3, -0.25) is 4.79 Å². The molecular weight excluding hydrogens is 490 g/mol. The highest BCUT2D eigenvalue weighted by Gasteiger charge is 2.37. The Morgan fingerprint density at radius 3 is 2.19 bits per heavy atom. The average molecular weight is 510 g/mol. The van der Waals surface area contributed by atoms with E-state index in [-0.39, 0.29) is 42.8 Å². The van der Waals surface area contributed by atoms with Crippen LogP contribution in [0.3, 0.4) is 0 Å². The highest BCUT2D eigenvalue weighted by Crippen LogP contribution is 2.37. The molecule has 0 bridgehead atoms.